The number of halogens is 7. The summed E-state index contributed by atoms with van der Waals surface area (Å²) in [4.78, 5) is 1.58. The lowest BCUT2D eigenvalue weighted by Crippen LogP contribution is -2.50. The Kier molecular flexibility index (Phi) is 3.93. The number of aryl methyl sites for hydroxylation is 1. The van der Waals surface area contributed by atoms with Crippen LogP contribution in [0.25, 0.3) is 0 Å². The SMILES string of the molecule is N#CN1CCC2c3ccc(C(F)(C(F)(F)F)C(F)(F)F)cc3CC[C@H]21. The molecule has 1 aliphatic carbocycles. The maximum Gasteiger partial charge on any atom is 0.435 e. The van der Waals surface area contributed by atoms with Crippen LogP contribution in [-0.4, -0.2) is 29.8 Å². The molecule has 0 saturated carbocycles. The van der Waals surface area contributed by atoms with Crippen LogP contribution < -0.4 is 0 Å². The molecule has 1 aromatic rings. The monoisotopic (exact) mass is 366 g/mol. The van der Waals surface area contributed by atoms with E-state index in [2.05, 4.69) is 0 Å². The number of benzene rings is 1. The van der Waals surface area contributed by atoms with Gasteiger partial charge in [0.15, 0.2) is 6.19 Å². The van der Waals surface area contributed by atoms with Crippen LogP contribution in [0.15, 0.2) is 18.2 Å². The van der Waals surface area contributed by atoms with E-state index in [0.717, 1.165) is 6.07 Å². The molecule has 1 unspecified atom stereocenters. The molecule has 1 aromatic carbocycles. The summed E-state index contributed by atoms with van der Waals surface area (Å²) in [5, 5.41) is 9.06. The van der Waals surface area contributed by atoms with Crippen LogP contribution in [0.5, 0.6) is 0 Å². The molecule has 0 radical (unpaired) electrons. The number of nitriles is 1. The van der Waals surface area contributed by atoms with E-state index in [1.807, 2.05) is 6.19 Å². The molecular formula is C16H13F7N2. The minimum Gasteiger partial charge on any atom is -0.307 e. The number of likely N-dealkylation sites (tertiary alicyclic amines) is 1. The quantitative estimate of drug-likeness (QED) is 0.538. The molecule has 3 rings (SSSR count). The minimum absolute atomic E-state index is 0.108. The molecule has 0 amide bonds. The minimum atomic E-state index is -6.11. The fourth-order valence-electron chi connectivity index (χ4n) is 3.89. The number of hydrogen-bond donors (Lipinski definition) is 0. The normalized spacial score (nSPS) is 23.8. The fourth-order valence-corrected chi connectivity index (χ4v) is 3.89. The largest absolute Gasteiger partial charge is 0.435 e. The van der Waals surface area contributed by atoms with Crippen molar-refractivity contribution in [2.75, 3.05) is 6.54 Å². The first kappa shape index (κ1) is 17.8. The zero-order chi connectivity index (χ0) is 18.6. The van der Waals surface area contributed by atoms with Gasteiger partial charge >= 0.3 is 18.0 Å². The van der Waals surface area contributed by atoms with Gasteiger partial charge in [0.2, 0.25) is 0 Å². The summed E-state index contributed by atoms with van der Waals surface area (Å²) in [6.45, 7) is 0.491. The van der Waals surface area contributed by atoms with Gasteiger partial charge < -0.3 is 4.90 Å². The van der Waals surface area contributed by atoms with Gasteiger partial charge in [0.1, 0.15) is 0 Å². The summed E-state index contributed by atoms with van der Waals surface area (Å²) in [7, 11) is 0. The summed E-state index contributed by atoms with van der Waals surface area (Å²) >= 11 is 0. The Hall–Kier alpha value is -1.98. The zero-order valence-corrected chi connectivity index (χ0v) is 12.8. The number of fused-ring (bicyclic) bond motifs is 3. The lowest BCUT2D eigenvalue weighted by molar-refractivity contribution is -0.348. The highest BCUT2D eigenvalue weighted by Gasteiger charge is 2.73. The van der Waals surface area contributed by atoms with Crippen molar-refractivity contribution in [1.82, 2.24) is 4.90 Å². The topological polar surface area (TPSA) is 27.0 Å². The Morgan fingerprint density at radius 1 is 1.00 bits per heavy atom. The summed E-state index contributed by atoms with van der Waals surface area (Å²) in [5.74, 6) is -0.136. The maximum absolute atomic E-state index is 14.2. The van der Waals surface area contributed by atoms with Crippen molar-refractivity contribution >= 4 is 0 Å². The van der Waals surface area contributed by atoms with Gasteiger partial charge in [-0.1, -0.05) is 18.2 Å². The highest BCUT2D eigenvalue weighted by atomic mass is 19.4. The van der Waals surface area contributed by atoms with E-state index >= 15 is 0 Å². The van der Waals surface area contributed by atoms with Crippen LogP contribution in [0.4, 0.5) is 30.7 Å². The molecule has 136 valence electrons. The molecule has 0 aromatic heterocycles. The van der Waals surface area contributed by atoms with Gasteiger partial charge in [-0.05, 0) is 30.4 Å². The first-order chi connectivity index (χ1) is 11.5. The third-order valence-electron chi connectivity index (χ3n) is 5.11. The van der Waals surface area contributed by atoms with Gasteiger partial charge in [0.25, 0.3) is 0 Å². The van der Waals surface area contributed by atoms with Gasteiger partial charge in [-0.25, -0.2) is 4.39 Å². The molecule has 1 fully saturated rings. The molecule has 1 saturated heterocycles. The van der Waals surface area contributed by atoms with Crippen LogP contribution in [-0.2, 0) is 12.1 Å². The van der Waals surface area contributed by atoms with Crippen LogP contribution in [0.1, 0.15) is 35.4 Å². The maximum atomic E-state index is 14.2. The van der Waals surface area contributed by atoms with Crippen LogP contribution in [0.3, 0.4) is 0 Å². The van der Waals surface area contributed by atoms with Crippen molar-refractivity contribution in [3.63, 3.8) is 0 Å². The fraction of sp³-hybridized carbons (Fsp3) is 0.562. The van der Waals surface area contributed by atoms with Crippen molar-refractivity contribution in [3.05, 3.63) is 34.9 Å². The molecule has 1 heterocycles. The molecule has 2 atom stereocenters. The van der Waals surface area contributed by atoms with Crippen LogP contribution >= 0.6 is 0 Å². The van der Waals surface area contributed by atoms with Gasteiger partial charge in [0, 0.05) is 24.1 Å². The Balaban J connectivity index is 2.04. The van der Waals surface area contributed by atoms with E-state index in [0.29, 0.717) is 37.1 Å². The van der Waals surface area contributed by atoms with Crippen LogP contribution in [0, 0.1) is 11.5 Å². The average molecular weight is 366 g/mol. The van der Waals surface area contributed by atoms with Gasteiger partial charge in [-0.2, -0.15) is 31.6 Å². The Bertz CT molecular complexity index is 703. The second-order valence-electron chi connectivity index (χ2n) is 6.36. The third-order valence-corrected chi connectivity index (χ3v) is 5.11. The average Bonchev–Trinajstić information content (AvgIpc) is 2.94. The van der Waals surface area contributed by atoms with Crippen molar-refractivity contribution in [2.45, 2.75) is 49.2 Å². The molecule has 9 heteroatoms. The Morgan fingerprint density at radius 3 is 2.20 bits per heavy atom. The Labute approximate surface area is 138 Å². The second kappa shape index (κ2) is 5.51. The Morgan fingerprint density at radius 2 is 1.64 bits per heavy atom. The second-order valence-corrected chi connectivity index (χ2v) is 6.36. The molecule has 0 bridgehead atoms. The van der Waals surface area contributed by atoms with E-state index < -0.39 is 23.6 Å². The van der Waals surface area contributed by atoms with Gasteiger partial charge in [-0.3, -0.25) is 0 Å². The van der Waals surface area contributed by atoms with E-state index in [4.69, 9.17) is 5.26 Å². The zero-order valence-electron chi connectivity index (χ0n) is 12.8. The van der Waals surface area contributed by atoms with Crippen molar-refractivity contribution < 1.29 is 30.7 Å². The number of alkyl halides is 7. The predicted octanol–water partition coefficient (Wildman–Crippen LogP) is 4.56. The van der Waals surface area contributed by atoms with E-state index in [9.17, 15) is 30.7 Å². The first-order valence-corrected chi connectivity index (χ1v) is 7.62. The highest BCUT2D eigenvalue weighted by Crippen LogP contribution is 2.54. The molecule has 0 N–H and O–H groups in total. The number of rotatable bonds is 1. The van der Waals surface area contributed by atoms with E-state index in [-0.39, 0.29) is 23.9 Å². The molecule has 2 nitrogen and oxygen atoms in total. The summed E-state index contributed by atoms with van der Waals surface area (Å²) in [5.41, 5.74) is -5.96. The first-order valence-electron chi connectivity index (χ1n) is 7.62. The van der Waals surface area contributed by atoms with Crippen molar-refractivity contribution in [2.24, 2.45) is 0 Å². The summed E-state index contributed by atoms with van der Waals surface area (Å²) < 4.78 is 91.5. The molecule has 0 spiro atoms. The molecule has 2 aliphatic rings. The summed E-state index contributed by atoms with van der Waals surface area (Å²) in [6, 6.07) is 2.29. The summed E-state index contributed by atoms with van der Waals surface area (Å²) in [6.07, 6.45) is -8.95. The van der Waals surface area contributed by atoms with E-state index in [1.54, 1.807) is 4.90 Å². The smallest absolute Gasteiger partial charge is 0.307 e. The lowest BCUT2D eigenvalue weighted by Gasteiger charge is -2.34. The molecular weight excluding hydrogens is 353 g/mol. The van der Waals surface area contributed by atoms with Crippen molar-refractivity contribution in [1.29, 1.82) is 5.26 Å². The van der Waals surface area contributed by atoms with E-state index in [1.165, 1.54) is 0 Å². The van der Waals surface area contributed by atoms with Gasteiger partial charge in [0.05, 0.1) is 0 Å². The standard InChI is InChI=1S/C16H13F7N2/c17-14(15(18,19)20,16(21,22)23)10-2-3-11-9(7-10)1-4-13-12(11)5-6-25(13)8-24/h2-3,7,12-13H,1,4-6H2/t12?,13-/m1/s1. The van der Waals surface area contributed by atoms with Gasteiger partial charge in [-0.15, -0.1) is 0 Å². The predicted molar refractivity (Wildman–Crippen MR) is 73.1 cm³/mol. The molecule has 25 heavy (non-hydrogen) atoms. The van der Waals surface area contributed by atoms with Crippen molar-refractivity contribution in [3.8, 4) is 6.19 Å². The van der Waals surface area contributed by atoms with Crippen LogP contribution in [0.2, 0.25) is 0 Å². The number of hydrogen-bond acceptors (Lipinski definition) is 2. The third kappa shape index (κ3) is 2.53. The number of nitrogens with zero attached hydrogens (tertiary/aromatic N) is 2. The molecule has 1 aliphatic heterocycles. The lowest BCUT2D eigenvalue weighted by atomic mass is 9.77. The highest BCUT2D eigenvalue weighted by molar-refractivity contribution is 5.42.